The second-order valence-electron chi connectivity index (χ2n) is 5.90. The maximum Gasteiger partial charge on any atom is 0.416 e. The van der Waals surface area contributed by atoms with Gasteiger partial charge >= 0.3 is 6.18 Å². The Bertz CT molecular complexity index is 578. The standard InChI is InChI=1S/C15H17F3N2/c1-14(2,3)12-5-4-11(6-10-8-19-20-9-10)13(7-12)15(16,17)18/h4-5,7-9H,6H2,1-3H3,(H,19,20). The highest BCUT2D eigenvalue weighted by Gasteiger charge is 2.34. The number of rotatable bonds is 2. The Hall–Kier alpha value is -1.78. The Labute approximate surface area is 116 Å². The molecule has 0 aliphatic carbocycles. The second-order valence-corrected chi connectivity index (χ2v) is 5.90. The van der Waals surface area contributed by atoms with Crippen LogP contribution in [0.1, 0.15) is 43.0 Å². The van der Waals surface area contributed by atoms with Gasteiger partial charge < -0.3 is 0 Å². The van der Waals surface area contributed by atoms with E-state index in [1.54, 1.807) is 18.3 Å². The van der Waals surface area contributed by atoms with Gasteiger partial charge in [-0.2, -0.15) is 18.3 Å². The number of aromatic nitrogens is 2. The SMILES string of the molecule is CC(C)(C)c1ccc(Cc2cn[nH]c2)c(C(F)(F)F)c1. The Morgan fingerprint density at radius 3 is 2.35 bits per heavy atom. The number of nitrogens with one attached hydrogen (secondary N) is 1. The van der Waals surface area contributed by atoms with Crippen molar-refractivity contribution in [2.24, 2.45) is 0 Å². The van der Waals surface area contributed by atoms with E-state index in [2.05, 4.69) is 10.2 Å². The van der Waals surface area contributed by atoms with Crippen LogP contribution in [0.25, 0.3) is 0 Å². The summed E-state index contributed by atoms with van der Waals surface area (Å²) in [7, 11) is 0. The van der Waals surface area contributed by atoms with Crippen molar-refractivity contribution in [1.29, 1.82) is 0 Å². The van der Waals surface area contributed by atoms with Crippen molar-refractivity contribution in [2.45, 2.75) is 38.8 Å². The first-order valence-electron chi connectivity index (χ1n) is 6.36. The van der Waals surface area contributed by atoms with Gasteiger partial charge in [0.05, 0.1) is 11.8 Å². The molecule has 1 aromatic heterocycles. The lowest BCUT2D eigenvalue weighted by molar-refractivity contribution is -0.138. The molecule has 1 N–H and O–H groups in total. The van der Waals surface area contributed by atoms with Crippen LogP contribution in [0.15, 0.2) is 30.6 Å². The second kappa shape index (κ2) is 4.96. The number of nitrogens with zero attached hydrogens (tertiary/aromatic N) is 1. The van der Waals surface area contributed by atoms with E-state index in [0.29, 0.717) is 5.56 Å². The molecule has 5 heteroatoms. The molecule has 0 unspecified atom stereocenters. The van der Waals surface area contributed by atoms with E-state index in [0.717, 1.165) is 5.56 Å². The fraction of sp³-hybridized carbons (Fsp3) is 0.400. The number of hydrogen-bond donors (Lipinski definition) is 1. The van der Waals surface area contributed by atoms with Gasteiger partial charge in [0.1, 0.15) is 0 Å². The van der Waals surface area contributed by atoms with Crippen LogP contribution in [0.3, 0.4) is 0 Å². The quantitative estimate of drug-likeness (QED) is 0.873. The fourth-order valence-electron chi connectivity index (χ4n) is 2.06. The minimum Gasteiger partial charge on any atom is -0.285 e. The molecular formula is C15H17F3N2. The zero-order valence-corrected chi connectivity index (χ0v) is 11.7. The van der Waals surface area contributed by atoms with E-state index in [1.807, 2.05) is 20.8 Å². The molecular weight excluding hydrogens is 265 g/mol. The number of benzene rings is 1. The summed E-state index contributed by atoms with van der Waals surface area (Å²) in [4.78, 5) is 0. The average Bonchev–Trinajstić information content (AvgIpc) is 2.79. The molecule has 1 heterocycles. The van der Waals surface area contributed by atoms with Crippen LogP contribution < -0.4 is 0 Å². The van der Waals surface area contributed by atoms with Gasteiger partial charge in [0.25, 0.3) is 0 Å². The van der Waals surface area contributed by atoms with Gasteiger partial charge in [0.2, 0.25) is 0 Å². The lowest BCUT2D eigenvalue weighted by atomic mass is 9.84. The maximum atomic E-state index is 13.2. The first kappa shape index (κ1) is 14.6. The number of aromatic amines is 1. The van der Waals surface area contributed by atoms with E-state index in [-0.39, 0.29) is 17.4 Å². The smallest absolute Gasteiger partial charge is 0.285 e. The summed E-state index contributed by atoms with van der Waals surface area (Å²) >= 11 is 0. The van der Waals surface area contributed by atoms with Gasteiger partial charge in [-0.15, -0.1) is 0 Å². The molecule has 0 aliphatic rings. The first-order chi connectivity index (χ1) is 9.18. The highest BCUT2D eigenvalue weighted by Crippen LogP contribution is 2.36. The van der Waals surface area contributed by atoms with Gasteiger partial charge in [0, 0.05) is 12.6 Å². The molecule has 0 spiro atoms. The lowest BCUT2D eigenvalue weighted by Gasteiger charge is -2.22. The van der Waals surface area contributed by atoms with Gasteiger partial charge in [-0.1, -0.05) is 32.9 Å². The molecule has 0 saturated carbocycles. The molecule has 2 aromatic rings. The summed E-state index contributed by atoms with van der Waals surface area (Å²) in [5.74, 6) is 0. The average molecular weight is 282 g/mol. The molecule has 108 valence electrons. The monoisotopic (exact) mass is 282 g/mol. The van der Waals surface area contributed by atoms with Gasteiger partial charge in [0.15, 0.2) is 0 Å². The third-order valence-electron chi connectivity index (χ3n) is 3.23. The molecule has 0 amide bonds. The molecule has 0 saturated heterocycles. The fourth-order valence-corrected chi connectivity index (χ4v) is 2.06. The van der Waals surface area contributed by atoms with E-state index in [4.69, 9.17) is 0 Å². The third-order valence-corrected chi connectivity index (χ3v) is 3.23. The molecule has 0 atom stereocenters. The topological polar surface area (TPSA) is 28.7 Å². The Morgan fingerprint density at radius 2 is 1.85 bits per heavy atom. The van der Waals surface area contributed by atoms with Crippen LogP contribution >= 0.6 is 0 Å². The largest absolute Gasteiger partial charge is 0.416 e. The molecule has 1 aromatic carbocycles. The summed E-state index contributed by atoms with van der Waals surface area (Å²) in [5, 5.41) is 6.37. The maximum absolute atomic E-state index is 13.2. The van der Waals surface area contributed by atoms with Gasteiger partial charge in [-0.3, -0.25) is 5.10 Å². The van der Waals surface area contributed by atoms with E-state index in [1.165, 1.54) is 12.3 Å². The van der Waals surface area contributed by atoms with Crippen molar-refractivity contribution >= 4 is 0 Å². The van der Waals surface area contributed by atoms with Gasteiger partial charge in [-0.25, -0.2) is 0 Å². The minimum atomic E-state index is -4.35. The van der Waals surface area contributed by atoms with E-state index in [9.17, 15) is 13.2 Å². The highest BCUT2D eigenvalue weighted by atomic mass is 19.4. The van der Waals surface area contributed by atoms with Crippen LogP contribution in [0.4, 0.5) is 13.2 Å². The summed E-state index contributed by atoms with van der Waals surface area (Å²) < 4.78 is 39.7. The van der Waals surface area contributed by atoms with Crippen LogP contribution in [0, 0.1) is 0 Å². The van der Waals surface area contributed by atoms with Crippen molar-refractivity contribution in [1.82, 2.24) is 10.2 Å². The van der Waals surface area contributed by atoms with E-state index < -0.39 is 11.7 Å². The molecule has 20 heavy (non-hydrogen) atoms. The van der Waals surface area contributed by atoms with Crippen molar-refractivity contribution in [3.05, 3.63) is 52.8 Å². The predicted octanol–water partition coefficient (Wildman–Crippen LogP) is 4.32. The van der Waals surface area contributed by atoms with Crippen molar-refractivity contribution in [3.63, 3.8) is 0 Å². The molecule has 0 aliphatic heterocycles. The number of H-pyrrole nitrogens is 1. The van der Waals surface area contributed by atoms with E-state index >= 15 is 0 Å². The van der Waals surface area contributed by atoms with Crippen LogP contribution in [0.5, 0.6) is 0 Å². The van der Waals surface area contributed by atoms with Crippen molar-refractivity contribution < 1.29 is 13.2 Å². The Balaban J connectivity index is 2.46. The highest BCUT2D eigenvalue weighted by molar-refractivity contribution is 5.39. The summed E-state index contributed by atoms with van der Waals surface area (Å²) in [5.41, 5.74) is 0.812. The summed E-state index contributed by atoms with van der Waals surface area (Å²) in [6.45, 7) is 5.70. The van der Waals surface area contributed by atoms with Crippen LogP contribution in [-0.2, 0) is 18.0 Å². The first-order valence-corrected chi connectivity index (χ1v) is 6.36. The predicted molar refractivity (Wildman–Crippen MR) is 71.5 cm³/mol. The Morgan fingerprint density at radius 1 is 1.15 bits per heavy atom. The molecule has 0 radical (unpaired) electrons. The van der Waals surface area contributed by atoms with Crippen LogP contribution in [-0.4, -0.2) is 10.2 Å². The number of halogens is 3. The normalized spacial score (nSPS) is 12.7. The molecule has 2 nitrogen and oxygen atoms in total. The number of hydrogen-bond acceptors (Lipinski definition) is 1. The number of alkyl halides is 3. The Kier molecular flexibility index (Phi) is 3.63. The third kappa shape index (κ3) is 3.21. The summed E-state index contributed by atoms with van der Waals surface area (Å²) in [6.07, 6.45) is -0.980. The van der Waals surface area contributed by atoms with Gasteiger partial charge in [-0.05, 0) is 28.2 Å². The lowest BCUT2D eigenvalue weighted by Crippen LogP contribution is -2.16. The molecule has 0 bridgehead atoms. The summed E-state index contributed by atoms with van der Waals surface area (Å²) in [6, 6.07) is 4.59. The van der Waals surface area contributed by atoms with Crippen LogP contribution in [0.2, 0.25) is 0 Å². The molecule has 0 fully saturated rings. The zero-order chi connectivity index (χ0) is 15.0. The van der Waals surface area contributed by atoms with Crippen molar-refractivity contribution in [2.75, 3.05) is 0 Å². The minimum absolute atomic E-state index is 0.218. The van der Waals surface area contributed by atoms with Crippen molar-refractivity contribution in [3.8, 4) is 0 Å². The zero-order valence-electron chi connectivity index (χ0n) is 11.7. The molecule has 2 rings (SSSR count).